The van der Waals surface area contributed by atoms with Crippen molar-refractivity contribution >= 4 is 23.3 Å². The highest BCUT2D eigenvalue weighted by Gasteiger charge is 2.03. The SMILES string of the molecule is Cc1ccc(/C=C/c2nc3cc(CO)ccc3o2)cc1. The molecule has 0 radical (unpaired) electrons. The number of aryl methyl sites for hydroxylation is 1. The Morgan fingerprint density at radius 1 is 1.10 bits per heavy atom. The fourth-order valence-corrected chi connectivity index (χ4v) is 2.01. The van der Waals surface area contributed by atoms with E-state index in [4.69, 9.17) is 9.52 Å². The summed E-state index contributed by atoms with van der Waals surface area (Å²) in [6.45, 7) is 2.07. The average Bonchev–Trinajstić information content (AvgIpc) is 2.88. The van der Waals surface area contributed by atoms with Crippen LogP contribution >= 0.6 is 0 Å². The smallest absolute Gasteiger partial charge is 0.220 e. The lowest BCUT2D eigenvalue weighted by atomic mass is 10.1. The van der Waals surface area contributed by atoms with Crippen LogP contribution in [0.25, 0.3) is 23.3 Å². The van der Waals surface area contributed by atoms with Crippen molar-refractivity contribution in [3.05, 3.63) is 65.0 Å². The molecule has 3 nitrogen and oxygen atoms in total. The molecule has 0 atom stereocenters. The summed E-state index contributed by atoms with van der Waals surface area (Å²) in [5, 5.41) is 9.11. The minimum atomic E-state index is 0.0112. The van der Waals surface area contributed by atoms with E-state index in [1.54, 1.807) is 0 Å². The second-order valence-corrected chi connectivity index (χ2v) is 4.76. The number of aromatic nitrogens is 1. The van der Waals surface area contributed by atoms with E-state index in [-0.39, 0.29) is 6.61 Å². The topological polar surface area (TPSA) is 46.3 Å². The van der Waals surface area contributed by atoms with Gasteiger partial charge in [0.25, 0.3) is 0 Å². The molecule has 100 valence electrons. The molecule has 3 aromatic rings. The van der Waals surface area contributed by atoms with Gasteiger partial charge in [0, 0.05) is 6.08 Å². The number of hydrogen-bond acceptors (Lipinski definition) is 3. The molecule has 0 aliphatic heterocycles. The highest BCUT2D eigenvalue weighted by Crippen LogP contribution is 2.19. The minimum Gasteiger partial charge on any atom is -0.437 e. The first kappa shape index (κ1) is 12.6. The fourth-order valence-electron chi connectivity index (χ4n) is 2.01. The van der Waals surface area contributed by atoms with Crippen molar-refractivity contribution in [2.75, 3.05) is 0 Å². The summed E-state index contributed by atoms with van der Waals surface area (Å²) in [6.07, 6.45) is 3.82. The number of aliphatic hydroxyl groups is 1. The molecule has 0 saturated heterocycles. The minimum absolute atomic E-state index is 0.0112. The number of benzene rings is 2. The van der Waals surface area contributed by atoms with Crippen molar-refractivity contribution in [2.45, 2.75) is 13.5 Å². The van der Waals surface area contributed by atoms with Crippen LogP contribution in [0.4, 0.5) is 0 Å². The predicted octanol–water partition coefficient (Wildman–Crippen LogP) is 3.80. The van der Waals surface area contributed by atoms with Crippen LogP contribution in [0.3, 0.4) is 0 Å². The Labute approximate surface area is 117 Å². The van der Waals surface area contributed by atoms with Gasteiger partial charge in [-0.2, -0.15) is 0 Å². The summed E-state index contributed by atoms with van der Waals surface area (Å²) in [7, 11) is 0. The molecule has 3 rings (SSSR count). The van der Waals surface area contributed by atoms with Gasteiger partial charge in [0.2, 0.25) is 5.89 Å². The maximum absolute atomic E-state index is 9.11. The Morgan fingerprint density at radius 2 is 1.90 bits per heavy atom. The lowest BCUT2D eigenvalue weighted by Gasteiger charge is -1.93. The number of hydrogen-bond donors (Lipinski definition) is 1. The van der Waals surface area contributed by atoms with E-state index in [0.29, 0.717) is 5.89 Å². The molecular formula is C17H15NO2. The van der Waals surface area contributed by atoms with Gasteiger partial charge in [-0.1, -0.05) is 35.9 Å². The number of nitrogens with zero attached hydrogens (tertiary/aromatic N) is 1. The first-order chi connectivity index (χ1) is 9.74. The second kappa shape index (κ2) is 5.31. The highest BCUT2D eigenvalue weighted by atomic mass is 16.3. The third-order valence-electron chi connectivity index (χ3n) is 3.15. The third kappa shape index (κ3) is 2.63. The Balaban J connectivity index is 1.88. The van der Waals surface area contributed by atoms with Gasteiger partial charge in [-0.15, -0.1) is 0 Å². The molecule has 0 bridgehead atoms. The highest BCUT2D eigenvalue weighted by molar-refractivity contribution is 5.76. The summed E-state index contributed by atoms with van der Waals surface area (Å²) in [5.74, 6) is 0.565. The van der Waals surface area contributed by atoms with Gasteiger partial charge in [0.1, 0.15) is 5.52 Å². The number of oxazole rings is 1. The predicted molar refractivity (Wildman–Crippen MR) is 80.0 cm³/mol. The van der Waals surface area contributed by atoms with Gasteiger partial charge in [-0.05, 0) is 36.3 Å². The van der Waals surface area contributed by atoms with Crippen LogP contribution in [0.15, 0.2) is 46.9 Å². The second-order valence-electron chi connectivity index (χ2n) is 4.76. The average molecular weight is 265 g/mol. The zero-order valence-corrected chi connectivity index (χ0v) is 11.2. The van der Waals surface area contributed by atoms with Crippen molar-refractivity contribution in [1.82, 2.24) is 4.98 Å². The van der Waals surface area contributed by atoms with Crippen LogP contribution in [0.2, 0.25) is 0 Å². The molecular weight excluding hydrogens is 250 g/mol. The van der Waals surface area contributed by atoms with Crippen LogP contribution in [0, 0.1) is 6.92 Å². The van der Waals surface area contributed by atoms with Crippen LogP contribution in [0.1, 0.15) is 22.6 Å². The lowest BCUT2D eigenvalue weighted by molar-refractivity contribution is 0.282. The van der Waals surface area contributed by atoms with Crippen LogP contribution < -0.4 is 0 Å². The first-order valence-electron chi connectivity index (χ1n) is 6.50. The zero-order valence-electron chi connectivity index (χ0n) is 11.2. The first-order valence-corrected chi connectivity index (χ1v) is 6.50. The molecule has 0 spiro atoms. The molecule has 0 saturated carbocycles. The van der Waals surface area contributed by atoms with Crippen molar-refractivity contribution in [3.63, 3.8) is 0 Å². The van der Waals surface area contributed by atoms with Crippen molar-refractivity contribution in [2.24, 2.45) is 0 Å². The summed E-state index contributed by atoms with van der Waals surface area (Å²) in [6, 6.07) is 13.7. The summed E-state index contributed by atoms with van der Waals surface area (Å²) < 4.78 is 5.63. The summed E-state index contributed by atoms with van der Waals surface area (Å²) >= 11 is 0. The van der Waals surface area contributed by atoms with Crippen LogP contribution in [0.5, 0.6) is 0 Å². The van der Waals surface area contributed by atoms with Crippen LogP contribution in [-0.4, -0.2) is 10.1 Å². The summed E-state index contributed by atoms with van der Waals surface area (Å²) in [5.41, 5.74) is 4.67. The molecule has 0 amide bonds. The molecule has 1 aromatic heterocycles. The number of rotatable bonds is 3. The zero-order chi connectivity index (χ0) is 13.9. The van der Waals surface area contributed by atoms with E-state index in [2.05, 4.69) is 36.2 Å². The van der Waals surface area contributed by atoms with E-state index in [1.807, 2.05) is 30.4 Å². The van der Waals surface area contributed by atoms with Crippen LogP contribution in [-0.2, 0) is 6.61 Å². The molecule has 3 heteroatoms. The molecule has 0 aliphatic rings. The molecule has 2 aromatic carbocycles. The van der Waals surface area contributed by atoms with Gasteiger partial charge in [-0.3, -0.25) is 0 Å². The maximum Gasteiger partial charge on any atom is 0.220 e. The quantitative estimate of drug-likeness (QED) is 0.783. The van der Waals surface area contributed by atoms with Gasteiger partial charge >= 0.3 is 0 Å². The van der Waals surface area contributed by atoms with Crippen molar-refractivity contribution in [1.29, 1.82) is 0 Å². The van der Waals surface area contributed by atoms with Gasteiger partial charge in [0.15, 0.2) is 5.58 Å². The molecule has 20 heavy (non-hydrogen) atoms. The number of aliphatic hydroxyl groups excluding tert-OH is 1. The lowest BCUT2D eigenvalue weighted by Crippen LogP contribution is -1.81. The molecule has 0 fully saturated rings. The molecule has 0 unspecified atom stereocenters. The standard InChI is InChI=1S/C17H15NO2/c1-12-2-4-13(5-3-12)7-9-17-18-15-10-14(11-19)6-8-16(15)20-17/h2-10,19H,11H2,1H3/b9-7+. The van der Waals surface area contributed by atoms with E-state index < -0.39 is 0 Å². The monoisotopic (exact) mass is 265 g/mol. The van der Waals surface area contributed by atoms with E-state index in [0.717, 1.165) is 22.2 Å². The van der Waals surface area contributed by atoms with E-state index in [9.17, 15) is 0 Å². The fraction of sp³-hybridized carbons (Fsp3) is 0.118. The maximum atomic E-state index is 9.11. The van der Waals surface area contributed by atoms with Crippen molar-refractivity contribution < 1.29 is 9.52 Å². The van der Waals surface area contributed by atoms with Gasteiger partial charge in [0.05, 0.1) is 6.61 Å². The largest absolute Gasteiger partial charge is 0.437 e. The molecule has 1 N–H and O–H groups in total. The molecule has 0 aliphatic carbocycles. The van der Waals surface area contributed by atoms with Gasteiger partial charge < -0.3 is 9.52 Å². The normalized spacial score (nSPS) is 11.5. The van der Waals surface area contributed by atoms with Gasteiger partial charge in [-0.25, -0.2) is 4.98 Å². The Kier molecular flexibility index (Phi) is 3.35. The third-order valence-corrected chi connectivity index (χ3v) is 3.15. The molecule has 1 heterocycles. The van der Waals surface area contributed by atoms with Crippen molar-refractivity contribution in [3.8, 4) is 0 Å². The Hall–Kier alpha value is -2.39. The van der Waals surface area contributed by atoms with E-state index >= 15 is 0 Å². The van der Waals surface area contributed by atoms with E-state index in [1.165, 1.54) is 5.56 Å². The number of fused-ring (bicyclic) bond motifs is 1. The summed E-state index contributed by atoms with van der Waals surface area (Å²) in [4.78, 5) is 4.39. The Bertz CT molecular complexity index is 754. The Morgan fingerprint density at radius 3 is 2.65 bits per heavy atom.